The van der Waals surface area contributed by atoms with Gasteiger partial charge in [-0.3, -0.25) is 14.4 Å². The van der Waals surface area contributed by atoms with Gasteiger partial charge in [0.05, 0.1) is 4.88 Å². The maximum atomic E-state index is 12.1. The predicted molar refractivity (Wildman–Crippen MR) is 102 cm³/mol. The zero-order valence-electron chi connectivity index (χ0n) is 14.4. The van der Waals surface area contributed by atoms with Crippen LogP contribution in [0.15, 0.2) is 33.9 Å². The Morgan fingerprint density at radius 1 is 1.19 bits per heavy atom. The highest BCUT2D eigenvalue weighted by Gasteiger charge is 2.18. The van der Waals surface area contributed by atoms with Crippen LogP contribution in [0, 0.1) is 0 Å². The lowest BCUT2D eigenvalue weighted by Gasteiger charge is -2.05. The van der Waals surface area contributed by atoms with Gasteiger partial charge in [0, 0.05) is 18.3 Å². The second kappa shape index (κ2) is 9.74. The Bertz CT molecular complexity index is 902. The average molecular weight is 431 g/mol. The summed E-state index contributed by atoms with van der Waals surface area (Å²) in [6.07, 6.45) is 0.599. The maximum Gasteiger partial charge on any atom is 0.321 e. The molecule has 2 rings (SSSR count). The van der Waals surface area contributed by atoms with Crippen molar-refractivity contribution in [2.24, 2.45) is 0 Å². The van der Waals surface area contributed by atoms with E-state index in [9.17, 15) is 22.8 Å². The van der Waals surface area contributed by atoms with Crippen LogP contribution in [0.2, 0.25) is 0 Å². The van der Waals surface area contributed by atoms with Gasteiger partial charge in [0.25, 0.3) is 10.0 Å². The molecule has 2 N–H and O–H groups in total. The highest BCUT2D eigenvalue weighted by atomic mass is 32.2. The molecule has 11 heteroatoms. The minimum absolute atomic E-state index is 0.0942. The van der Waals surface area contributed by atoms with E-state index in [1.54, 1.807) is 23.6 Å². The average Bonchev–Trinajstić information content (AvgIpc) is 3.29. The van der Waals surface area contributed by atoms with Crippen LogP contribution in [0.3, 0.4) is 0 Å². The second-order valence-corrected chi connectivity index (χ2v) is 9.45. The quantitative estimate of drug-likeness (QED) is 0.432. The molecule has 0 aliphatic heterocycles. The number of rotatable bonds is 10. The molecule has 8 nitrogen and oxygen atoms in total. The van der Waals surface area contributed by atoms with Crippen LogP contribution in [-0.4, -0.2) is 45.8 Å². The number of ketones is 1. The van der Waals surface area contributed by atoms with Crippen molar-refractivity contribution in [3.8, 4) is 0 Å². The van der Waals surface area contributed by atoms with E-state index < -0.39 is 29.1 Å². The summed E-state index contributed by atoms with van der Waals surface area (Å²) < 4.78 is 30.8. The van der Waals surface area contributed by atoms with E-state index in [4.69, 9.17) is 4.74 Å². The van der Waals surface area contributed by atoms with E-state index in [0.29, 0.717) is 17.8 Å². The van der Waals surface area contributed by atoms with Crippen LogP contribution < -0.4 is 10.0 Å². The molecule has 0 bridgehead atoms. The monoisotopic (exact) mass is 430 g/mol. The van der Waals surface area contributed by atoms with Crippen LogP contribution in [0.5, 0.6) is 0 Å². The molecule has 2 heterocycles. The van der Waals surface area contributed by atoms with Crippen molar-refractivity contribution in [2.75, 3.05) is 19.7 Å². The highest BCUT2D eigenvalue weighted by molar-refractivity contribution is 7.91. The lowest BCUT2D eigenvalue weighted by Crippen LogP contribution is -2.31. The molecule has 0 aromatic carbocycles. The van der Waals surface area contributed by atoms with Gasteiger partial charge in [-0.2, -0.15) is 4.72 Å². The fourth-order valence-corrected chi connectivity index (χ4v) is 4.87. The smallest absolute Gasteiger partial charge is 0.321 e. The Balaban J connectivity index is 1.75. The Kier molecular flexibility index (Phi) is 7.66. The van der Waals surface area contributed by atoms with Gasteiger partial charge in [-0.25, -0.2) is 8.42 Å². The molecule has 0 aliphatic rings. The minimum Gasteiger partial charge on any atom is -0.456 e. The standard InChI is InChI=1S/C16H18N2O6S3/c1-11(19)17-7-6-12-4-5-14(26-12)13(20)10-24-15(21)9-18-27(22,23)16-3-2-8-25-16/h2-5,8,18H,6-7,9-10H2,1H3,(H,17,19). The first-order valence-electron chi connectivity index (χ1n) is 7.83. The van der Waals surface area contributed by atoms with E-state index in [0.717, 1.165) is 16.2 Å². The summed E-state index contributed by atoms with van der Waals surface area (Å²) in [5.74, 6) is -1.34. The predicted octanol–water partition coefficient (Wildman–Crippen LogP) is 1.19. The first kappa shape index (κ1) is 21.2. The molecule has 0 spiro atoms. The van der Waals surface area contributed by atoms with Gasteiger partial charge in [0.1, 0.15) is 10.8 Å². The largest absolute Gasteiger partial charge is 0.456 e. The minimum atomic E-state index is -3.76. The number of nitrogens with one attached hydrogen (secondary N) is 2. The number of carbonyl (C=O) groups is 3. The molecule has 0 aliphatic carbocycles. The third-order valence-electron chi connectivity index (χ3n) is 3.21. The van der Waals surface area contributed by atoms with E-state index in [2.05, 4.69) is 10.0 Å². The van der Waals surface area contributed by atoms with Crippen molar-refractivity contribution in [3.05, 3.63) is 39.4 Å². The Labute approximate surface area is 164 Å². The van der Waals surface area contributed by atoms with Crippen LogP contribution in [0.1, 0.15) is 21.5 Å². The number of carbonyl (C=O) groups excluding carboxylic acids is 3. The molecular formula is C16H18N2O6S3. The number of thiophene rings is 2. The molecular weight excluding hydrogens is 412 g/mol. The summed E-state index contributed by atoms with van der Waals surface area (Å²) in [6.45, 7) is 0.881. The molecule has 1 amide bonds. The number of hydrogen-bond acceptors (Lipinski definition) is 8. The number of amides is 1. The molecule has 0 atom stereocenters. The number of esters is 1. The number of Topliss-reactive ketones (excluding diaryl/α,β-unsaturated/α-hetero) is 1. The summed E-state index contributed by atoms with van der Waals surface area (Å²) in [5, 5.41) is 4.28. The van der Waals surface area contributed by atoms with Crippen molar-refractivity contribution in [2.45, 2.75) is 17.6 Å². The van der Waals surface area contributed by atoms with E-state index in [1.165, 1.54) is 24.3 Å². The lowest BCUT2D eigenvalue weighted by atomic mass is 10.3. The molecule has 0 fully saturated rings. The SMILES string of the molecule is CC(=O)NCCc1ccc(C(=O)COC(=O)CNS(=O)(=O)c2cccs2)s1. The molecule has 0 unspecified atom stereocenters. The fraction of sp³-hybridized carbons (Fsp3) is 0.312. The summed E-state index contributed by atoms with van der Waals surface area (Å²) in [5.41, 5.74) is 0. The van der Waals surface area contributed by atoms with E-state index in [-0.39, 0.29) is 15.9 Å². The maximum absolute atomic E-state index is 12.1. The second-order valence-electron chi connectivity index (χ2n) is 5.34. The lowest BCUT2D eigenvalue weighted by molar-refractivity contribution is -0.141. The molecule has 0 radical (unpaired) electrons. The summed E-state index contributed by atoms with van der Waals surface area (Å²) in [7, 11) is -3.76. The van der Waals surface area contributed by atoms with Crippen molar-refractivity contribution >= 4 is 50.4 Å². The van der Waals surface area contributed by atoms with Crippen LogP contribution >= 0.6 is 22.7 Å². The first-order valence-corrected chi connectivity index (χ1v) is 11.0. The van der Waals surface area contributed by atoms with Gasteiger partial charge in [-0.05, 0) is 30.0 Å². The van der Waals surface area contributed by atoms with Crippen molar-refractivity contribution in [3.63, 3.8) is 0 Å². The summed E-state index contributed by atoms with van der Waals surface area (Å²) in [4.78, 5) is 35.9. The Hall–Kier alpha value is -2.08. The number of hydrogen-bond donors (Lipinski definition) is 2. The van der Waals surface area contributed by atoms with E-state index >= 15 is 0 Å². The van der Waals surface area contributed by atoms with Gasteiger partial charge < -0.3 is 10.1 Å². The molecule has 2 aromatic heterocycles. The fourth-order valence-electron chi connectivity index (χ4n) is 1.93. The number of sulfonamides is 1. The highest BCUT2D eigenvalue weighted by Crippen LogP contribution is 2.18. The topological polar surface area (TPSA) is 119 Å². The molecule has 27 heavy (non-hydrogen) atoms. The molecule has 0 saturated carbocycles. The van der Waals surface area contributed by atoms with Gasteiger partial charge in [0.2, 0.25) is 11.7 Å². The normalized spacial score (nSPS) is 11.1. The van der Waals surface area contributed by atoms with E-state index in [1.807, 2.05) is 0 Å². The van der Waals surface area contributed by atoms with Gasteiger partial charge >= 0.3 is 5.97 Å². The third-order valence-corrected chi connectivity index (χ3v) is 7.20. The van der Waals surface area contributed by atoms with Crippen molar-refractivity contribution < 1.29 is 27.5 Å². The van der Waals surface area contributed by atoms with Crippen molar-refractivity contribution in [1.82, 2.24) is 10.0 Å². The van der Waals surface area contributed by atoms with Gasteiger partial charge in [-0.15, -0.1) is 22.7 Å². The Morgan fingerprint density at radius 2 is 1.96 bits per heavy atom. The summed E-state index contributed by atoms with van der Waals surface area (Å²) >= 11 is 2.29. The Morgan fingerprint density at radius 3 is 2.63 bits per heavy atom. The van der Waals surface area contributed by atoms with Gasteiger partial charge in [-0.1, -0.05) is 6.07 Å². The zero-order valence-corrected chi connectivity index (χ0v) is 16.8. The van der Waals surface area contributed by atoms with Crippen LogP contribution in [0.25, 0.3) is 0 Å². The van der Waals surface area contributed by atoms with Crippen LogP contribution in [-0.2, 0) is 30.8 Å². The first-order chi connectivity index (χ1) is 12.8. The third kappa shape index (κ3) is 6.86. The number of ether oxygens (including phenoxy) is 1. The summed E-state index contributed by atoms with van der Waals surface area (Å²) in [6, 6.07) is 6.41. The molecule has 2 aromatic rings. The van der Waals surface area contributed by atoms with Crippen LogP contribution in [0.4, 0.5) is 0 Å². The van der Waals surface area contributed by atoms with Gasteiger partial charge in [0.15, 0.2) is 6.61 Å². The molecule has 146 valence electrons. The zero-order chi connectivity index (χ0) is 19.9. The molecule has 0 saturated heterocycles. The van der Waals surface area contributed by atoms with Crippen molar-refractivity contribution in [1.29, 1.82) is 0 Å².